The van der Waals surface area contributed by atoms with Crippen LogP contribution in [-0.4, -0.2) is 46.8 Å². The molecule has 2 amide bonds. The molecule has 1 aliphatic rings. The molecular formula is C27H34N2O5S. The molecule has 3 N–H and O–H groups in total. The molecule has 0 bridgehead atoms. The van der Waals surface area contributed by atoms with Gasteiger partial charge in [0, 0.05) is 12.0 Å². The summed E-state index contributed by atoms with van der Waals surface area (Å²) in [7, 11) is 1.57. The van der Waals surface area contributed by atoms with Gasteiger partial charge in [-0.05, 0) is 36.0 Å². The first-order valence-corrected chi connectivity index (χ1v) is 12.4. The Hall–Kier alpha value is -3.00. The first-order chi connectivity index (χ1) is 16.7. The van der Waals surface area contributed by atoms with Crippen molar-refractivity contribution in [2.45, 2.75) is 62.8 Å². The van der Waals surface area contributed by atoms with E-state index in [1.165, 1.54) is 0 Å². The summed E-state index contributed by atoms with van der Waals surface area (Å²) in [5, 5.41) is 14.9. The maximum absolute atomic E-state index is 13.3. The van der Waals surface area contributed by atoms with Crippen LogP contribution in [0.15, 0.2) is 48.5 Å². The SMILES string of the molecule is COc1cc(CC(NC(=O)C2(NC(=O)C(S)C(C)C)CCCC2)C(=O)O)ccc1-c1ccccc1. The first-order valence-electron chi connectivity index (χ1n) is 11.9. The highest BCUT2D eigenvalue weighted by molar-refractivity contribution is 7.81. The molecule has 0 spiro atoms. The van der Waals surface area contributed by atoms with E-state index in [4.69, 9.17) is 4.74 Å². The molecule has 1 saturated carbocycles. The van der Waals surface area contributed by atoms with E-state index in [1.54, 1.807) is 13.2 Å². The average molecular weight is 499 g/mol. The van der Waals surface area contributed by atoms with Gasteiger partial charge in [-0.1, -0.05) is 69.2 Å². The Morgan fingerprint density at radius 2 is 1.74 bits per heavy atom. The number of thiol groups is 1. The van der Waals surface area contributed by atoms with Crippen LogP contribution < -0.4 is 15.4 Å². The highest BCUT2D eigenvalue weighted by atomic mass is 32.1. The van der Waals surface area contributed by atoms with E-state index in [-0.39, 0.29) is 18.2 Å². The number of ether oxygens (including phenoxy) is 1. The molecule has 2 atom stereocenters. The lowest BCUT2D eigenvalue weighted by molar-refractivity contribution is -0.143. The minimum Gasteiger partial charge on any atom is -0.496 e. The molecule has 1 aliphatic carbocycles. The van der Waals surface area contributed by atoms with Crippen molar-refractivity contribution in [3.8, 4) is 16.9 Å². The zero-order chi connectivity index (χ0) is 25.6. The number of hydrogen-bond acceptors (Lipinski definition) is 5. The van der Waals surface area contributed by atoms with Crippen LogP contribution in [0.3, 0.4) is 0 Å². The van der Waals surface area contributed by atoms with Crippen molar-refractivity contribution in [3.05, 3.63) is 54.1 Å². The van der Waals surface area contributed by atoms with Crippen molar-refractivity contribution >= 4 is 30.4 Å². The Morgan fingerprint density at radius 3 is 2.31 bits per heavy atom. The van der Waals surface area contributed by atoms with Gasteiger partial charge in [-0.3, -0.25) is 9.59 Å². The molecule has 35 heavy (non-hydrogen) atoms. The van der Waals surface area contributed by atoms with E-state index in [0.29, 0.717) is 24.2 Å². The van der Waals surface area contributed by atoms with E-state index in [2.05, 4.69) is 23.3 Å². The molecule has 0 radical (unpaired) electrons. The van der Waals surface area contributed by atoms with Gasteiger partial charge in [0.15, 0.2) is 0 Å². The van der Waals surface area contributed by atoms with Gasteiger partial charge in [0.2, 0.25) is 11.8 Å². The highest BCUT2D eigenvalue weighted by Gasteiger charge is 2.44. The van der Waals surface area contributed by atoms with Crippen LogP contribution in [0.4, 0.5) is 0 Å². The zero-order valence-corrected chi connectivity index (χ0v) is 21.3. The van der Waals surface area contributed by atoms with Gasteiger partial charge < -0.3 is 20.5 Å². The number of benzene rings is 2. The number of amides is 2. The van der Waals surface area contributed by atoms with E-state index >= 15 is 0 Å². The third-order valence-electron chi connectivity index (χ3n) is 6.55. The number of carbonyl (C=O) groups is 3. The Morgan fingerprint density at radius 1 is 1.09 bits per heavy atom. The second kappa shape index (κ2) is 11.6. The number of methoxy groups -OCH3 is 1. The number of carboxylic acid groups (broad SMARTS) is 1. The van der Waals surface area contributed by atoms with Crippen LogP contribution in [0.2, 0.25) is 0 Å². The van der Waals surface area contributed by atoms with E-state index in [0.717, 1.165) is 24.0 Å². The normalized spacial score (nSPS) is 16.4. The van der Waals surface area contributed by atoms with Gasteiger partial charge in [-0.2, -0.15) is 12.6 Å². The maximum Gasteiger partial charge on any atom is 0.326 e. The van der Waals surface area contributed by atoms with Crippen LogP contribution in [0.5, 0.6) is 5.75 Å². The van der Waals surface area contributed by atoms with Crippen molar-refractivity contribution in [3.63, 3.8) is 0 Å². The largest absolute Gasteiger partial charge is 0.496 e. The van der Waals surface area contributed by atoms with Crippen LogP contribution in [0.25, 0.3) is 11.1 Å². The molecule has 8 heteroatoms. The van der Waals surface area contributed by atoms with Crippen molar-refractivity contribution in [2.24, 2.45) is 5.92 Å². The summed E-state index contributed by atoms with van der Waals surface area (Å²) in [4.78, 5) is 38.1. The molecular weight excluding hydrogens is 464 g/mol. The second-order valence-electron chi connectivity index (χ2n) is 9.44. The molecule has 2 unspecified atom stereocenters. The third kappa shape index (κ3) is 6.36. The lowest BCUT2D eigenvalue weighted by Gasteiger charge is -2.32. The fourth-order valence-corrected chi connectivity index (χ4v) is 4.52. The van der Waals surface area contributed by atoms with Gasteiger partial charge in [0.05, 0.1) is 12.4 Å². The van der Waals surface area contributed by atoms with E-state index < -0.39 is 28.7 Å². The Kier molecular flexibility index (Phi) is 8.83. The molecule has 0 aliphatic heterocycles. The van der Waals surface area contributed by atoms with Crippen LogP contribution in [0, 0.1) is 5.92 Å². The summed E-state index contributed by atoms with van der Waals surface area (Å²) in [5.41, 5.74) is 1.48. The number of carboxylic acids is 1. The number of nitrogens with one attached hydrogen (secondary N) is 2. The van der Waals surface area contributed by atoms with Crippen molar-refractivity contribution in [1.82, 2.24) is 10.6 Å². The number of hydrogen-bond donors (Lipinski definition) is 4. The van der Waals surface area contributed by atoms with Crippen LogP contribution in [0.1, 0.15) is 45.1 Å². The molecule has 0 heterocycles. The number of carbonyl (C=O) groups excluding carboxylic acids is 2. The fourth-order valence-electron chi connectivity index (χ4n) is 4.45. The van der Waals surface area contributed by atoms with E-state index in [1.807, 2.05) is 56.3 Å². The lowest BCUT2D eigenvalue weighted by Crippen LogP contribution is -2.61. The van der Waals surface area contributed by atoms with Crippen molar-refractivity contribution in [1.29, 1.82) is 0 Å². The Balaban J connectivity index is 1.78. The standard InChI is InChI=1S/C27H34N2O5S/c1-17(2)23(35)24(30)29-27(13-7-8-14-27)26(33)28-21(25(31)32)15-18-11-12-20(22(16-18)34-3)19-9-5-4-6-10-19/h4-6,9-12,16-17,21,23,35H,7-8,13-15H2,1-3H3,(H,28,33)(H,29,30)(H,31,32). The summed E-state index contributed by atoms with van der Waals surface area (Å²) >= 11 is 4.37. The van der Waals surface area contributed by atoms with Crippen molar-refractivity contribution < 1.29 is 24.2 Å². The van der Waals surface area contributed by atoms with Gasteiger partial charge in [0.25, 0.3) is 0 Å². The molecule has 1 fully saturated rings. The lowest BCUT2D eigenvalue weighted by atomic mass is 9.93. The summed E-state index contributed by atoms with van der Waals surface area (Å²) < 4.78 is 5.56. The van der Waals surface area contributed by atoms with Gasteiger partial charge >= 0.3 is 5.97 Å². The zero-order valence-electron chi connectivity index (χ0n) is 20.4. The third-order valence-corrected chi connectivity index (χ3v) is 7.38. The molecule has 3 rings (SSSR count). The minimum atomic E-state index is -1.15. The van der Waals surface area contributed by atoms with Crippen molar-refractivity contribution in [2.75, 3.05) is 7.11 Å². The Bertz CT molecular complexity index is 1050. The quantitative estimate of drug-likeness (QED) is 0.373. The van der Waals surface area contributed by atoms with E-state index in [9.17, 15) is 19.5 Å². The highest BCUT2D eigenvalue weighted by Crippen LogP contribution is 2.32. The average Bonchev–Trinajstić information content (AvgIpc) is 3.33. The summed E-state index contributed by atoms with van der Waals surface area (Å²) in [6.07, 6.45) is 2.58. The molecule has 2 aromatic rings. The predicted molar refractivity (Wildman–Crippen MR) is 139 cm³/mol. The van der Waals surface area contributed by atoms with Crippen LogP contribution in [-0.2, 0) is 20.8 Å². The summed E-state index contributed by atoms with van der Waals surface area (Å²) in [6, 6.07) is 14.1. The topological polar surface area (TPSA) is 105 Å². The monoisotopic (exact) mass is 498 g/mol. The Labute approximate surface area is 212 Å². The molecule has 188 valence electrons. The molecule has 2 aromatic carbocycles. The maximum atomic E-state index is 13.3. The number of aliphatic carboxylic acids is 1. The second-order valence-corrected chi connectivity index (χ2v) is 9.99. The minimum absolute atomic E-state index is 0.000420. The summed E-state index contributed by atoms with van der Waals surface area (Å²) in [5.74, 6) is -1.29. The molecule has 0 aromatic heterocycles. The predicted octanol–water partition coefficient (Wildman–Crippen LogP) is 3.86. The van der Waals surface area contributed by atoms with Gasteiger partial charge in [-0.15, -0.1) is 0 Å². The smallest absolute Gasteiger partial charge is 0.326 e. The molecule has 0 saturated heterocycles. The van der Waals surface area contributed by atoms with Gasteiger partial charge in [0.1, 0.15) is 17.3 Å². The first kappa shape index (κ1) is 26.6. The van der Waals surface area contributed by atoms with Crippen LogP contribution >= 0.6 is 12.6 Å². The number of rotatable bonds is 10. The summed E-state index contributed by atoms with van der Waals surface area (Å²) in [6.45, 7) is 3.77. The molecule has 7 nitrogen and oxygen atoms in total. The van der Waals surface area contributed by atoms with Gasteiger partial charge in [-0.25, -0.2) is 4.79 Å². The fraction of sp³-hybridized carbons (Fsp3) is 0.444.